The van der Waals surface area contributed by atoms with Gasteiger partial charge in [-0.05, 0) is 102 Å². The summed E-state index contributed by atoms with van der Waals surface area (Å²) in [5.74, 6) is 0.697. The molecule has 0 radical (unpaired) electrons. The van der Waals surface area contributed by atoms with E-state index in [2.05, 4.69) is 97.1 Å². The quantitative estimate of drug-likeness (QED) is 0.144. The monoisotopic (exact) mass is 702 g/mol. The molecule has 0 fully saturated rings. The van der Waals surface area contributed by atoms with E-state index in [1.54, 1.807) is 0 Å². The van der Waals surface area contributed by atoms with Gasteiger partial charge in [-0.25, -0.2) is 4.57 Å². The summed E-state index contributed by atoms with van der Waals surface area (Å²) in [5, 5.41) is 10.4. The van der Waals surface area contributed by atoms with Crippen LogP contribution in [0.4, 0.5) is 0 Å². The predicted octanol–water partition coefficient (Wildman–Crippen LogP) is 13.3. The highest BCUT2D eigenvalue weighted by Crippen LogP contribution is 2.63. The number of hydrogen-bond acceptors (Lipinski definition) is 3. The first-order valence-electron chi connectivity index (χ1n) is 18.0. The molecule has 11 rings (SSSR count). The molecular weight excluding hydrogens is 671 g/mol. The van der Waals surface area contributed by atoms with E-state index in [0.717, 1.165) is 111 Å². The lowest BCUT2D eigenvalue weighted by atomic mass is 9.81. The molecule has 0 aromatic heterocycles. The predicted molar refractivity (Wildman–Crippen MR) is 219 cm³/mol. The van der Waals surface area contributed by atoms with Gasteiger partial charge in [0.25, 0.3) is 0 Å². The molecule has 1 aliphatic carbocycles. The lowest BCUT2D eigenvalue weighted by Crippen LogP contribution is -2.03. The summed E-state index contributed by atoms with van der Waals surface area (Å²) in [6.07, 6.45) is 6.06. The minimum atomic E-state index is -4.77. The minimum Gasteiger partial charge on any atom is -0.394 e. The van der Waals surface area contributed by atoms with Crippen molar-refractivity contribution in [2.24, 2.45) is 0 Å². The summed E-state index contributed by atoms with van der Waals surface area (Å²) in [6.45, 7) is 0. The number of allylic oxidation sites excluding steroid dienone is 1. The van der Waals surface area contributed by atoms with Crippen molar-refractivity contribution in [2.45, 2.75) is 12.8 Å². The lowest BCUT2D eigenvalue weighted by molar-refractivity contribution is 0.295. The van der Waals surface area contributed by atoms with Crippen LogP contribution in [0.3, 0.4) is 0 Å². The number of rotatable bonds is 2. The fourth-order valence-corrected chi connectivity index (χ4v) is 9.69. The third kappa shape index (κ3) is 4.63. The molecule has 1 heterocycles. The lowest BCUT2D eigenvalue weighted by Gasteiger charge is -2.24. The van der Waals surface area contributed by atoms with Gasteiger partial charge in [-0.3, -0.25) is 4.89 Å². The molecule has 1 atom stereocenters. The third-order valence-electron chi connectivity index (χ3n) is 11.0. The standard InChI is InChI=1S/C48H31O4P/c49-53(50)51-47-41(43-35-19-7-1-13-29(35)25-30-14-2-8-20-36(30)43)27-33-17-5-11-23-39(33)45(47)46-40-24-12-6-18-34(40)28-42(48(46)52-53)44-37-21-9-3-15-31(37)26-32-16-4-10-22-38(32)44/h1-5,7-17,19-28H,6,18H2,(H,49,50). The number of benzene rings is 9. The third-order valence-corrected chi connectivity index (χ3v) is 11.8. The Morgan fingerprint density at radius 3 is 1.36 bits per heavy atom. The van der Waals surface area contributed by atoms with Crippen LogP contribution in [0.5, 0.6) is 11.5 Å². The zero-order chi connectivity index (χ0) is 35.3. The highest BCUT2D eigenvalue weighted by molar-refractivity contribution is 7.48. The maximum absolute atomic E-state index is 14.6. The molecule has 0 bridgehead atoms. The molecule has 53 heavy (non-hydrogen) atoms. The van der Waals surface area contributed by atoms with Crippen LogP contribution in [0.2, 0.25) is 0 Å². The Morgan fingerprint density at radius 1 is 0.472 bits per heavy atom. The van der Waals surface area contributed by atoms with Crippen LogP contribution in [0, 0.1) is 0 Å². The number of phosphoric acid groups is 1. The van der Waals surface area contributed by atoms with Gasteiger partial charge in [0, 0.05) is 33.4 Å². The van der Waals surface area contributed by atoms with Gasteiger partial charge >= 0.3 is 7.82 Å². The molecule has 9 aromatic rings. The zero-order valence-corrected chi connectivity index (χ0v) is 29.4. The van der Waals surface area contributed by atoms with E-state index in [-0.39, 0.29) is 0 Å². The first-order chi connectivity index (χ1) is 26.0. The molecule has 1 N–H and O–H groups in total. The molecule has 0 amide bonds. The summed E-state index contributed by atoms with van der Waals surface area (Å²) in [5.41, 5.74) is 7.11. The first-order valence-corrected chi connectivity index (χ1v) is 19.5. The van der Waals surface area contributed by atoms with Gasteiger partial charge in [-0.15, -0.1) is 0 Å². The van der Waals surface area contributed by atoms with E-state index in [4.69, 9.17) is 9.05 Å². The van der Waals surface area contributed by atoms with Crippen LogP contribution in [-0.4, -0.2) is 4.89 Å². The van der Waals surface area contributed by atoms with E-state index in [9.17, 15) is 9.46 Å². The second kappa shape index (κ2) is 11.4. The Labute approximate surface area is 305 Å². The SMILES string of the molecule is O=P1(O)Oc2c(-c3c4ccccc4cc4ccccc34)cc3c(c2-c2c(c(-c4c5ccccc5cc5ccccc45)cc4ccccc24)O1)C=CCC3. The van der Waals surface area contributed by atoms with E-state index < -0.39 is 7.82 Å². The zero-order valence-electron chi connectivity index (χ0n) is 28.5. The van der Waals surface area contributed by atoms with Crippen molar-refractivity contribution in [1.29, 1.82) is 0 Å². The Bertz CT molecular complexity index is 3010. The van der Waals surface area contributed by atoms with E-state index in [1.165, 1.54) is 0 Å². The van der Waals surface area contributed by atoms with Gasteiger partial charge < -0.3 is 9.05 Å². The van der Waals surface area contributed by atoms with E-state index >= 15 is 0 Å². The molecule has 1 aliphatic heterocycles. The van der Waals surface area contributed by atoms with Crippen LogP contribution < -0.4 is 9.05 Å². The van der Waals surface area contributed by atoms with Crippen molar-refractivity contribution in [3.63, 3.8) is 0 Å². The van der Waals surface area contributed by atoms with Crippen molar-refractivity contribution in [3.05, 3.63) is 163 Å². The van der Waals surface area contributed by atoms with E-state index in [1.807, 2.05) is 60.7 Å². The average Bonchev–Trinajstić information content (AvgIpc) is 3.32. The second-order valence-corrected chi connectivity index (χ2v) is 15.3. The maximum Gasteiger partial charge on any atom is 0.584 e. The van der Waals surface area contributed by atoms with Crippen LogP contribution in [0.1, 0.15) is 17.5 Å². The topological polar surface area (TPSA) is 55.8 Å². The summed E-state index contributed by atoms with van der Waals surface area (Å²) in [6, 6.07) is 50.3. The number of phosphoric ester groups is 1. The van der Waals surface area contributed by atoms with Crippen molar-refractivity contribution in [3.8, 4) is 44.9 Å². The van der Waals surface area contributed by atoms with Crippen LogP contribution in [0.25, 0.3) is 93.3 Å². The second-order valence-electron chi connectivity index (χ2n) is 14.0. The molecular formula is C48H31O4P. The summed E-state index contributed by atoms with van der Waals surface area (Å²) in [4.78, 5) is 11.9. The van der Waals surface area contributed by atoms with Crippen molar-refractivity contribution >= 4 is 67.8 Å². The minimum absolute atomic E-state index is 0.343. The molecule has 0 spiro atoms. The first kappa shape index (κ1) is 30.4. The normalized spacial score (nSPS) is 16.2. The Kier molecular flexibility index (Phi) is 6.55. The van der Waals surface area contributed by atoms with Crippen LogP contribution in [-0.2, 0) is 11.0 Å². The Hall–Kier alpha value is -6.19. The average molecular weight is 703 g/mol. The van der Waals surface area contributed by atoms with Gasteiger partial charge in [-0.1, -0.05) is 133 Å². The molecule has 0 saturated heterocycles. The summed E-state index contributed by atoms with van der Waals surface area (Å²) >= 11 is 0. The van der Waals surface area contributed by atoms with Gasteiger partial charge in [0.05, 0.1) is 0 Å². The molecule has 4 nitrogen and oxygen atoms in total. The molecule has 2 aliphatic rings. The fourth-order valence-electron chi connectivity index (χ4n) is 8.82. The highest BCUT2D eigenvalue weighted by Gasteiger charge is 2.39. The van der Waals surface area contributed by atoms with Gasteiger partial charge in [0.15, 0.2) is 0 Å². The smallest absolute Gasteiger partial charge is 0.394 e. The van der Waals surface area contributed by atoms with Crippen molar-refractivity contribution in [2.75, 3.05) is 0 Å². The molecule has 0 saturated carbocycles. The Morgan fingerprint density at radius 2 is 0.868 bits per heavy atom. The number of aryl methyl sites for hydroxylation is 1. The highest BCUT2D eigenvalue weighted by atomic mass is 31.2. The largest absolute Gasteiger partial charge is 0.584 e. The van der Waals surface area contributed by atoms with E-state index in [0.29, 0.717) is 11.5 Å². The van der Waals surface area contributed by atoms with Gasteiger partial charge in [0.2, 0.25) is 0 Å². The van der Waals surface area contributed by atoms with Crippen LogP contribution in [0.15, 0.2) is 152 Å². The molecule has 5 heteroatoms. The number of fused-ring (bicyclic) bond motifs is 11. The van der Waals surface area contributed by atoms with Gasteiger partial charge in [0.1, 0.15) is 11.5 Å². The van der Waals surface area contributed by atoms with Crippen molar-refractivity contribution < 1.29 is 18.5 Å². The molecule has 252 valence electrons. The summed E-state index contributed by atoms with van der Waals surface area (Å²) < 4.78 is 27.5. The summed E-state index contributed by atoms with van der Waals surface area (Å²) in [7, 11) is -4.77. The molecule has 1 unspecified atom stereocenters. The fraction of sp³-hybridized carbons (Fsp3) is 0.0417. The van der Waals surface area contributed by atoms with Crippen molar-refractivity contribution in [1.82, 2.24) is 0 Å². The van der Waals surface area contributed by atoms with Gasteiger partial charge in [-0.2, -0.15) is 0 Å². The Balaban J connectivity index is 1.36. The number of hydrogen-bond donors (Lipinski definition) is 1. The van der Waals surface area contributed by atoms with Crippen LogP contribution >= 0.6 is 7.82 Å². The molecule has 9 aromatic carbocycles. The maximum atomic E-state index is 14.6.